The number of anilines is 1. The number of carbonyl (C=O) groups is 1. The molecule has 1 heterocycles. The number of benzene rings is 2. The van der Waals surface area contributed by atoms with Crippen LogP contribution in [0.5, 0.6) is 0 Å². The Morgan fingerprint density at radius 1 is 1.29 bits per heavy atom. The number of rotatable bonds is 4. The minimum absolute atomic E-state index is 0.328. The molecule has 0 fully saturated rings. The van der Waals surface area contributed by atoms with Crippen molar-refractivity contribution in [2.45, 2.75) is 19.2 Å². The molecule has 1 N–H and O–H groups in total. The average Bonchev–Trinajstić information content (AvgIpc) is 2.94. The van der Waals surface area contributed by atoms with Gasteiger partial charge in [0, 0.05) is 5.39 Å². The van der Waals surface area contributed by atoms with E-state index in [0.717, 1.165) is 21.0 Å². The molecule has 0 unspecified atom stereocenters. The summed E-state index contributed by atoms with van der Waals surface area (Å²) in [6.45, 7) is -0.199. The van der Waals surface area contributed by atoms with Gasteiger partial charge in [0.2, 0.25) is 0 Å². The average molecular weight is 354 g/mol. The van der Waals surface area contributed by atoms with Gasteiger partial charge in [-0.2, -0.15) is 13.2 Å². The number of alkyl halides is 3. The van der Waals surface area contributed by atoms with Gasteiger partial charge in [-0.05, 0) is 18.4 Å². The number of amides is 1. The molecule has 8 heteroatoms. The van der Waals surface area contributed by atoms with E-state index in [1.165, 1.54) is 18.3 Å². The smallest absolute Gasteiger partial charge is 0.359 e. The Bertz CT molecular complexity index is 892. The fraction of sp³-hybridized carbons (Fsp3) is 0.250. The van der Waals surface area contributed by atoms with Crippen molar-refractivity contribution in [3.8, 4) is 0 Å². The van der Waals surface area contributed by atoms with E-state index in [2.05, 4.69) is 15.0 Å². The van der Waals surface area contributed by atoms with E-state index in [1.54, 1.807) is 0 Å². The lowest BCUT2D eigenvalue weighted by Gasteiger charge is -2.13. The monoisotopic (exact) mass is 354 g/mol. The summed E-state index contributed by atoms with van der Waals surface area (Å²) in [5, 5.41) is 4.81. The summed E-state index contributed by atoms with van der Waals surface area (Å²) < 4.78 is 41.8. The van der Waals surface area contributed by atoms with Crippen LogP contribution in [0.2, 0.25) is 0 Å². The molecule has 0 aliphatic heterocycles. The lowest BCUT2D eigenvalue weighted by Crippen LogP contribution is -2.31. The second-order valence-electron chi connectivity index (χ2n) is 5.21. The fourth-order valence-corrected chi connectivity index (χ4v) is 3.10. The predicted octanol–water partition coefficient (Wildman–Crippen LogP) is 4.36. The zero-order valence-corrected chi connectivity index (χ0v) is 13.4. The number of nitrogens with zero attached hydrogens (tertiary/aromatic N) is 1. The molecule has 1 amide bonds. The van der Waals surface area contributed by atoms with Crippen molar-refractivity contribution < 1.29 is 22.7 Å². The number of carbonyl (C=O) groups excluding carboxylic acids is 1. The summed E-state index contributed by atoms with van der Waals surface area (Å²) in [6, 6.07) is 11.6. The number of aromatic nitrogens is 1. The molecule has 4 nitrogen and oxygen atoms in total. The van der Waals surface area contributed by atoms with E-state index in [0.29, 0.717) is 5.13 Å². The number of halogens is 3. The maximum atomic E-state index is 12.1. The second kappa shape index (κ2) is 6.37. The van der Waals surface area contributed by atoms with Crippen molar-refractivity contribution in [2.75, 3.05) is 11.9 Å². The predicted molar refractivity (Wildman–Crippen MR) is 87.2 cm³/mol. The molecule has 0 aliphatic rings. The van der Waals surface area contributed by atoms with Crippen LogP contribution in [-0.2, 0) is 9.53 Å². The molecular formula is C16H13F3N2O2S. The number of hydrogen-bond acceptors (Lipinski definition) is 4. The van der Waals surface area contributed by atoms with Crippen LogP contribution >= 0.6 is 11.3 Å². The Kier molecular flexibility index (Phi) is 4.42. The molecule has 0 spiro atoms. The van der Waals surface area contributed by atoms with Gasteiger partial charge < -0.3 is 4.74 Å². The fourth-order valence-electron chi connectivity index (χ4n) is 2.22. The molecule has 0 bridgehead atoms. The van der Waals surface area contributed by atoms with Gasteiger partial charge in [-0.25, -0.2) is 4.98 Å². The first kappa shape index (κ1) is 16.7. The number of hydrogen-bond donors (Lipinski definition) is 1. The van der Waals surface area contributed by atoms with Crippen LogP contribution < -0.4 is 5.32 Å². The van der Waals surface area contributed by atoms with Crippen LogP contribution in [-0.4, -0.2) is 29.8 Å². The van der Waals surface area contributed by atoms with Crippen LogP contribution in [0, 0.1) is 0 Å². The standard InChI is InChI=1S/C16H13F3N2O2S/c1-9(23-8-16(17,18)19)14(22)21-15-20-13-11-5-3-2-4-10(11)6-7-12(13)24-15/h2-7,9H,8H2,1H3,(H,20,21,22)/t9-/m1/s1. The maximum absolute atomic E-state index is 12.1. The summed E-state index contributed by atoms with van der Waals surface area (Å²) in [6.07, 6.45) is -5.70. The summed E-state index contributed by atoms with van der Waals surface area (Å²) in [5.74, 6) is -0.664. The first-order chi connectivity index (χ1) is 11.3. The second-order valence-corrected chi connectivity index (χ2v) is 6.24. The van der Waals surface area contributed by atoms with Crippen molar-refractivity contribution in [3.63, 3.8) is 0 Å². The Morgan fingerprint density at radius 2 is 2.04 bits per heavy atom. The Labute approximate surface area is 139 Å². The van der Waals surface area contributed by atoms with Crippen molar-refractivity contribution in [1.29, 1.82) is 0 Å². The molecule has 24 heavy (non-hydrogen) atoms. The van der Waals surface area contributed by atoms with E-state index < -0.39 is 24.8 Å². The van der Waals surface area contributed by atoms with Gasteiger partial charge in [0.1, 0.15) is 12.7 Å². The minimum atomic E-state index is -4.47. The van der Waals surface area contributed by atoms with Crippen molar-refractivity contribution >= 4 is 43.4 Å². The zero-order valence-electron chi connectivity index (χ0n) is 12.6. The van der Waals surface area contributed by atoms with Crippen molar-refractivity contribution in [3.05, 3.63) is 36.4 Å². The number of thiazole rings is 1. The number of nitrogens with one attached hydrogen (secondary N) is 1. The highest BCUT2D eigenvalue weighted by atomic mass is 32.1. The van der Waals surface area contributed by atoms with Crippen molar-refractivity contribution in [2.24, 2.45) is 0 Å². The normalized spacial score (nSPS) is 13.3. The highest BCUT2D eigenvalue weighted by Crippen LogP contribution is 2.31. The van der Waals surface area contributed by atoms with E-state index in [9.17, 15) is 18.0 Å². The molecule has 0 aliphatic carbocycles. The summed E-state index contributed by atoms with van der Waals surface area (Å²) >= 11 is 1.26. The molecule has 0 saturated carbocycles. The Morgan fingerprint density at radius 3 is 2.79 bits per heavy atom. The molecule has 3 rings (SSSR count). The lowest BCUT2D eigenvalue weighted by molar-refractivity contribution is -0.184. The van der Waals surface area contributed by atoms with Gasteiger partial charge in [0.05, 0.1) is 10.2 Å². The summed E-state index contributed by atoms with van der Waals surface area (Å²) in [4.78, 5) is 16.3. The Balaban J connectivity index is 1.78. The summed E-state index contributed by atoms with van der Waals surface area (Å²) in [7, 11) is 0. The number of fused-ring (bicyclic) bond motifs is 3. The maximum Gasteiger partial charge on any atom is 0.411 e. The first-order valence-corrected chi connectivity index (χ1v) is 7.93. The van der Waals surface area contributed by atoms with Crippen LogP contribution in [0.4, 0.5) is 18.3 Å². The van der Waals surface area contributed by atoms with Crippen LogP contribution in [0.25, 0.3) is 21.0 Å². The first-order valence-electron chi connectivity index (χ1n) is 7.11. The minimum Gasteiger partial charge on any atom is -0.359 e. The van der Waals surface area contributed by atoms with E-state index in [-0.39, 0.29) is 0 Å². The highest BCUT2D eigenvalue weighted by molar-refractivity contribution is 7.22. The molecule has 1 aromatic heterocycles. The molecule has 3 aromatic rings. The largest absolute Gasteiger partial charge is 0.411 e. The van der Waals surface area contributed by atoms with Gasteiger partial charge in [-0.3, -0.25) is 10.1 Å². The number of ether oxygens (including phenoxy) is 1. The quantitative estimate of drug-likeness (QED) is 0.758. The van der Waals surface area contributed by atoms with Gasteiger partial charge in [-0.1, -0.05) is 41.7 Å². The molecule has 0 radical (unpaired) electrons. The highest BCUT2D eigenvalue weighted by Gasteiger charge is 2.30. The van der Waals surface area contributed by atoms with E-state index >= 15 is 0 Å². The third-order valence-electron chi connectivity index (χ3n) is 3.38. The third kappa shape index (κ3) is 3.65. The van der Waals surface area contributed by atoms with Crippen LogP contribution in [0.15, 0.2) is 36.4 Å². The van der Waals surface area contributed by atoms with Crippen LogP contribution in [0.1, 0.15) is 6.92 Å². The molecule has 126 valence electrons. The van der Waals surface area contributed by atoms with Gasteiger partial charge in [-0.15, -0.1) is 0 Å². The van der Waals surface area contributed by atoms with Crippen LogP contribution in [0.3, 0.4) is 0 Å². The molecule has 1 atom stereocenters. The molecule has 2 aromatic carbocycles. The van der Waals surface area contributed by atoms with E-state index in [1.807, 2.05) is 36.4 Å². The molecular weight excluding hydrogens is 341 g/mol. The van der Waals surface area contributed by atoms with Gasteiger partial charge in [0.15, 0.2) is 5.13 Å². The Hall–Kier alpha value is -2.19. The van der Waals surface area contributed by atoms with Gasteiger partial charge in [0.25, 0.3) is 5.91 Å². The zero-order chi connectivity index (χ0) is 17.3. The SMILES string of the molecule is C[C@@H](OCC(F)(F)F)C(=O)Nc1nc2c(ccc3ccccc32)s1. The van der Waals surface area contributed by atoms with Crippen molar-refractivity contribution in [1.82, 2.24) is 4.98 Å². The summed E-state index contributed by atoms with van der Waals surface area (Å²) in [5.41, 5.74) is 0.747. The topological polar surface area (TPSA) is 51.2 Å². The third-order valence-corrected chi connectivity index (χ3v) is 4.32. The lowest BCUT2D eigenvalue weighted by atomic mass is 10.1. The van der Waals surface area contributed by atoms with E-state index in [4.69, 9.17) is 0 Å². The molecule has 0 saturated heterocycles. The van der Waals surface area contributed by atoms with Gasteiger partial charge >= 0.3 is 6.18 Å².